The average molecular weight is 690 g/mol. The van der Waals surface area contributed by atoms with Crippen LogP contribution >= 0.6 is 11.3 Å². The van der Waals surface area contributed by atoms with Gasteiger partial charge in [0.25, 0.3) is 0 Å². The third kappa shape index (κ3) is 6.29. The lowest BCUT2D eigenvalue weighted by Crippen LogP contribution is -2.10. The zero-order chi connectivity index (χ0) is 35.4. The third-order valence-electron chi connectivity index (χ3n) is 9.02. The van der Waals surface area contributed by atoms with Gasteiger partial charge in [-0.05, 0) is 125 Å². The van der Waals surface area contributed by atoms with Crippen LogP contribution < -0.4 is 9.80 Å². The molecule has 7 aromatic rings. The molecule has 8 rings (SSSR count). The summed E-state index contributed by atoms with van der Waals surface area (Å²) in [5.41, 5.74) is 11.6. The molecule has 52 heavy (non-hydrogen) atoms. The van der Waals surface area contributed by atoms with Crippen molar-refractivity contribution in [3.63, 3.8) is 0 Å². The van der Waals surface area contributed by atoms with Crippen molar-refractivity contribution in [2.24, 2.45) is 0 Å². The van der Waals surface area contributed by atoms with Gasteiger partial charge in [0, 0.05) is 43.9 Å². The number of nitriles is 1. The molecule has 6 aromatic carbocycles. The first kappa shape index (κ1) is 32.3. The van der Waals surface area contributed by atoms with Gasteiger partial charge in [-0.15, -0.1) is 11.3 Å². The fourth-order valence-electron chi connectivity index (χ4n) is 6.71. The molecule has 1 heterocycles. The molecule has 0 unspecified atom stereocenters. The van der Waals surface area contributed by atoms with E-state index in [4.69, 9.17) is 0 Å². The van der Waals surface area contributed by atoms with Crippen LogP contribution in [0.1, 0.15) is 20.9 Å². The number of aliphatic carboxylic acids is 1. The number of nitrogens with zero attached hydrogens (tertiary/aromatic N) is 3. The van der Waals surface area contributed by atoms with Gasteiger partial charge in [-0.1, -0.05) is 84.9 Å². The second-order valence-electron chi connectivity index (χ2n) is 12.2. The summed E-state index contributed by atoms with van der Waals surface area (Å²) < 4.78 is 0. The van der Waals surface area contributed by atoms with E-state index in [1.54, 1.807) is 6.07 Å². The van der Waals surface area contributed by atoms with Crippen LogP contribution in [0.4, 0.5) is 34.1 Å². The molecular weight excluding hydrogens is 659 g/mol. The number of carbonyl (C=O) groups is 1. The largest absolute Gasteiger partial charge is 0.477 e. The van der Waals surface area contributed by atoms with Crippen molar-refractivity contribution >= 4 is 69.2 Å². The second kappa shape index (κ2) is 14.1. The van der Waals surface area contributed by atoms with Crippen LogP contribution in [0.3, 0.4) is 0 Å². The van der Waals surface area contributed by atoms with E-state index in [0.29, 0.717) is 4.88 Å². The number of hydrogen-bond donors (Lipinski definition) is 1. The standard InChI is InChI=1S/C46H31N3O2S/c47-31-32(46(50)51)27-39-23-24-40(52-39)30-45-41-25-21-37(48(33-13-5-1-6-14-33)34-15-7-2-8-16-34)28-43(41)44-29-38(22-26-42(44)45)49(35-17-9-3-10-18-35)36-19-11-4-12-20-36/h1-30H,(H,50,51)/b32-27+. The SMILES string of the molecule is N#C/C(=C\c1ccc(C=C2c3ccc(N(c4ccccc4)c4ccccc4)cc3-c3cc(N(c4ccccc4)c4ccccc4)ccc32)s1)C(=O)O. The fourth-order valence-corrected chi connectivity index (χ4v) is 7.61. The summed E-state index contributed by atoms with van der Waals surface area (Å²) in [5.74, 6) is -1.24. The third-order valence-corrected chi connectivity index (χ3v) is 10.0. The molecule has 0 saturated heterocycles. The summed E-state index contributed by atoms with van der Waals surface area (Å²) in [4.78, 5) is 17.7. The van der Waals surface area contributed by atoms with Gasteiger partial charge in [0.15, 0.2) is 0 Å². The van der Waals surface area contributed by atoms with E-state index in [1.165, 1.54) is 17.4 Å². The minimum atomic E-state index is -1.24. The Bertz CT molecular complexity index is 2290. The number of carboxylic acids is 1. The topological polar surface area (TPSA) is 67.6 Å². The highest BCUT2D eigenvalue weighted by Crippen LogP contribution is 2.50. The molecule has 0 aliphatic heterocycles. The Morgan fingerprint density at radius 2 is 0.923 bits per heavy atom. The lowest BCUT2D eigenvalue weighted by atomic mass is 10.0. The van der Waals surface area contributed by atoms with Gasteiger partial charge in [0.05, 0.1) is 0 Å². The van der Waals surface area contributed by atoms with Crippen molar-refractivity contribution in [2.75, 3.05) is 9.80 Å². The maximum Gasteiger partial charge on any atom is 0.346 e. The molecule has 0 saturated carbocycles. The lowest BCUT2D eigenvalue weighted by molar-refractivity contribution is -0.132. The van der Waals surface area contributed by atoms with E-state index in [0.717, 1.165) is 66.8 Å². The Labute approximate surface area is 306 Å². The molecule has 0 radical (unpaired) electrons. The number of carboxylic acid groups (broad SMARTS) is 1. The Hall–Kier alpha value is -6.94. The van der Waals surface area contributed by atoms with Crippen LogP contribution in [-0.2, 0) is 4.79 Å². The minimum absolute atomic E-state index is 0.291. The molecule has 1 aliphatic carbocycles. The number of hydrogen-bond acceptors (Lipinski definition) is 5. The maximum absolute atomic E-state index is 11.5. The summed E-state index contributed by atoms with van der Waals surface area (Å²) in [6, 6.07) is 60.5. The first-order valence-corrected chi connectivity index (χ1v) is 17.7. The molecule has 1 aliphatic rings. The van der Waals surface area contributed by atoms with Crippen molar-refractivity contribution in [3.05, 3.63) is 196 Å². The highest BCUT2D eigenvalue weighted by Gasteiger charge is 2.27. The first-order valence-electron chi connectivity index (χ1n) is 16.8. The van der Waals surface area contributed by atoms with Gasteiger partial charge < -0.3 is 14.9 Å². The zero-order valence-electron chi connectivity index (χ0n) is 27.9. The van der Waals surface area contributed by atoms with Gasteiger partial charge >= 0.3 is 5.97 Å². The Balaban J connectivity index is 1.31. The van der Waals surface area contributed by atoms with Gasteiger partial charge in [0.2, 0.25) is 0 Å². The average Bonchev–Trinajstić information content (AvgIpc) is 3.77. The molecule has 248 valence electrons. The second-order valence-corrected chi connectivity index (χ2v) is 13.4. The van der Waals surface area contributed by atoms with Gasteiger partial charge in [-0.3, -0.25) is 0 Å². The number of anilines is 6. The number of benzene rings is 6. The maximum atomic E-state index is 11.5. The summed E-state index contributed by atoms with van der Waals surface area (Å²) >= 11 is 1.45. The molecule has 1 aromatic heterocycles. The molecule has 0 fully saturated rings. The number of para-hydroxylation sites is 4. The molecule has 5 nitrogen and oxygen atoms in total. The summed E-state index contributed by atoms with van der Waals surface area (Å²) in [5, 5.41) is 18.7. The first-order chi connectivity index (χ1) is 25.6. The van der Waals surface area contributed by atoms with Crippen LogP contribution in [0.25, 0.3) is 28.9 Å². The van der Waals surface area contributed by atoms with E-state index in [-0.39, 0.29) is 5.57 Å². The van der Waals surface area contributed by atoms with Crippen molar-refractivity contribution in [2.45, 2.75) is 0 Å². The van der Waals surface area contributed by atoms with Crippen molar-refractivity contribution in [1.29, 1.82) is 5.26 Å². The number of rotatable bonds is 9. The minimum Gasteiger partial charge on any atom is -0.477 e. The van der Waals surface area contributed by atoms with Crippen molar-refractivity contribution in [1.82, 2.24) is 0 Å². The quantitative estimate of drug-likeness (QED) is 0.121. The lowest BCUT2D eigenvalue weighted by Gasteiger charge is -2.26. The molecule has 1 N–H and O–H groups in total. The van der Waals surface area contributed by atoms with E-state index < -0.39 is 5.97 Å². The molecule has 0 atom stereocenters. The van der Waals surface area contributed by atoms with Crippen LogP contribution in [0.5, 0.6) is 0 Å². The fraction of sp³-hybridized carbons (Fsp3) is 0. The normalized spacial score (nSPS) is 11.7. The van der Waals surface area contributed by atoms with Gasteiger partial charge in [0.1, 0.15) is 11.6 Å². The summed E-state index contributed by atoms with van der Waals surface area (Å²) in [6.07, 6.45) is 3.59. The Morgan fingerprint density at radius 3 is 1.31 bits per heavy atom. The van der Waals surface area contributed by atoms with Crippen molar-refractivity contribution in [3.8, 4) is 17.2 Å². The highest BCUT2D eigenvalue weighted by atomic mass is 32.1. The van der Waals surface area contributed by atoms with Crippen LogP contribution in [0.2, 0.25) is 0 Å². The zero-order valence-corrected chi connectivity index (χ0v) is 28.7. The predicted molar refractivity (Wildman–Crippen MR) is 214 cm³/mol. The van der Waals surface area contributed by atoms with E-state index in [1.807, 2.05) is 36.4 Å². The predicted octanol–water partition coefficient (Wildman–Crippen LogP) is 12.2. The molecule has 0 bridgehead atoms. The summed E-state index contributed by atoms with van der Waals surface area (Å²) in [7, 11) is 0. The van der Waals surface area contributed by atoms with Crippen molar-refractivity contribution < 1.29 is 9.90 Å². The van der Waals surface area contributed by atoms with E-state index >= 15 is 0 Å². The van der Waals surface area contributed by atoms with Crippen LogP contribution in [-0.4, -0.2) is 11.1 Å². The van der Waals surface area contributed by atoms with Gasteiger partial charge in [-0.2, -0.15) is 5.26 Å². The number of thiophene rings is 1. The Morgan fingerprint density at radius 1 is 0.519 bits per heavy atom. The van der Waals surface area contributed by atoms with Crippen LogP contribution in [0, 0.1) is 11.3 Å². The highest BCUT2D eigenvalue weighted by molar-refractivity contribution is 7.13. The smallest absolute Gasteiger partial charge is 0.346 e. The van der Waals surface area contributed by atoms with E-state index in [2.05, 4.69) is 149 Å². The number of fused-ring (bicyclic) bond motifs is 3. The Kier molecular flexibility index (Phi) is 8.76. The van der Waals surface area contributed by atoms with Crippen LogP contribution in [0.15, 0.2) is 175 Å². The molecular formula is C46H31N3O2S. The molecule has 0 amide bonds. The van der Waals surface area contributed by atoms with Gasteiger partial charge in [-0.25, -0.2) is 4.79 Å². The monoisotopic (exact) mass is 689 g/mol. The summed E-state index contributed by atoms with van der Waals surface area (Å²) in [6.45, 7) is 0. The van der Waals surface area contributed by atoms with E-state index in [9.17, 15) is 15.2 Å². The molecule has 6 heteroatoms. The molecule has 0 spiro atoms.